The van der Waals surface area contributed by atoms with Crippen molar-refractivity contribution in [2.75, 3.05) is 24.6 Å². The molecule has 1 aromatic heterocycles. The number of hydrogen-bond acceptors (Lipinski definition) is 3. The summed E-state index contributed by atoms with van der Waals surface area (Å²) in [5.74, 6) is 0.440. The van der Waals surface area contributed by atoms with Crippen LogP contribution < -0.4 is 4.90 Å². The van der Waals surface area contributed by atoms with Crippen LogP contribution in [0.4, 0.5) is 5.69 Å². The smallest absolute Gasteiger partial charge is 0.0855 e. The lowest BCUT2D eigenvalue weighted by Gasteiger charge is -2.17. The van der Waals surface area contributed by atoms with Crippen molar-refractivity contribution in [2.45, 2.75) is 19.8 Å². The number of aliphatic hydroxyl groups excluding tert-OH is 1. The zero-order chi connectivity index (χ0) is 10.8. The van der Waals surface area contributed by atoms with Gasteiger partial charge in [0.25, 0.3) is 0 Å². The van der Waals surface area contributed by atoms with E-state index >= 15 is 0 Å². The van der Waals surface area contributed by atoms with E-state index in [9.17, 15) is 0 Å². The Morgan fingerprint density at radius 2 is 2.40 bits per heavy atom. The van der Waals surface area contributed by atoms with Gasteiger partial charge < -0.3 is 10.0 Å². The highest BCUT2D eigenvalue weighted by Gasteiger charge is 2.24. The molecular weight excluding hydrogens is 190 g/mol. The number of nitrogens with zero attached hydrogens (tertiary/aromatic N) is 3. The van der Waals surface area contributed by atoms with Gasteiger partial charge in [-0.15, -0.1) is 0 Å². The summed E-state index contributed by atoms with van der Waals surface area (Å²) in [5.41, 5.74) is 2.41. The Morgan fingerprint density at radius 3 is 3.00 bits per heavy atom. The van der Waals surface area contributed by atoms with Crippen molar-refractivity contribution in [3.8, 4) is 0 Å². The number of rotatable bonds is 3. The highest BCUT2D eigenvalue weighted by molar-refractivity contribution is 5.50. The molecule has 1 aromatic rings. The summed E-state index contributed by atoms with van der Waals surface area (Å²) in [6.07, 6.45) is 4.14. The lowest BCUT2D eigenvalue weighted by atomic mass is 10.1. The van der Waals surface area contributed by atoms with Crippen molar-refractivity contribution >= 4 is 5.69 Å². The van der Waals surface area contributed by atoms with Crippen molar-refractivity contribution in [2.24, 2.45) is 13.0 Å². The van der Waals surface area contributed by atoms with E-state index in [4.69, 9.17) is 5.11 Å². The van der Waals surface area contributed by atoms with E-state index in [1.807, 2.05) is 11.7 Å². The summed E-state index contributed by atoms with van der Waals surface area (Å²) < 4.78 is 1.88. The van der Waals surface area contributed by atoms with E-state index in [0.29, 0.717) is 12.5 Å². The number of aryl methyl sites for hydroxylation is 2. The van der Waals surface area contributed by atoms with Crippen LogP contribution in [0.15, 0.2) is 6.20 Å². The summed E-state index contributed by atoms with van der Waals surface area (Å²) in [6, 6.07) is 0. The standard InChI is InChI=1S/C11H19N3O/c1-3-10-11(7-13(2)12-10)14-5-4-9(6-14)8-15/h7,9,15H,3-6,8H2,1-2H3. The Morgan fingerprint density at radius 1 is 1.60 bits per heavy atom. The van der Waals surface area contributed by atoms with E-state index in [-0.39, 0.29) is 0 Å². The third-order valence-electron chi connectivity index (χ3n) is 3.10. The fourth-order valence-corrected chi connectivity index (χ4v) is 2.24. The van der Waals surface area contributed by atoms with Crippen molar-refractivity contribution in [3.05, 3.63) is 11.9 Å². The van der Waals surface area contributed by atoms with Gasteiger partial charge in [0.15, 0.2) is 0 Å². The third kappa shape index (κ3) is 2.00. The van der Waals surface area contributed by atoms with Crippen molar-refractivity contribution in [1.29, 1.82) is 0 Å². The first kappa shape index (κ1) is 10.5. The van der Waals surface area contributed by atoms with Crippen LogP contribution in [-0.4, -0.2) is 34.6 Å². The van der Waals surface area contributed by atoms with Gasteiger partial charge in [-0.25, -0.2) is 0 Å². The van der Waals surface area contributed by atoms with Gasteiger partial charge in [-0.1, -0.05) is 6.92 Å². The van der Waals surface area contributed by atoms with Crippen LogP contribution in [0.25, 0.3) is 0 Å². The maximum absolute atomic E-state index is 9.11. The molecule has 1 fully saturated rings. The molecule has 1 N–H and O–H groups in total. The van der Waals surface area contributed by atoms with E-state index in [1.165, 1.54) is 5.69 Å². The molecule has 1 unspecified atom stereocenters. The molecule has 1 atom stereocenters. The lowest BCUT2D eigenvalue weighted by molar-refractivity contribution is 0.238. The first-order valence-electron chi connectivity index (χ1n) is 5.63. The molecule has 1 aliphatic rings. The topological polar surface area (TPSA) is 41.3 Å². The third-order valence-corrected chi connectivity index (χ3v) is 3.10. The summed E-state index contributed by atoms with van der Waals surface area (Å²) in [7, 11) is 1.96. The minimum atomic E-state index is 0.304. The first-order chi connectivity index (χ1) is 7.24. The molecule has 0 amide bonds. The maximum atomic E-state index is 9.11. The van der Waals surface area contributed by atoms with Crippen LogP contribution in [0, 0.1) is 5.92 Å². The average Bonchev–Trinajstić information content (AvgIpc) is 2.82. The fraction of sp³-hybridized carbons (Fsp3) is 0.727. The van der Waals surface area contributed by atoms with Gasteiger partial charge in [0.05, 0.1) is 11.4 Å². The van der Waals surface area contributed by atoms with Crippen LogP contribution in [0.3, 0.4) is 0 Å². The van der Waals surface area contributed by atoms with Gasteiger partial charge >= 0.3 is 0 Å². The highest BCUT2D eigenvalue weighted by atomic mass is 16.3. The van der Waals surface area contributed by atoms with Crippen LogP contribution in [0.1, 0.15) is 19.0 Å². The van der Waals surface area contributed by atoms with Gasteiger partial charge in [-0.2, -0.15) is 5.10 Å². The summed E-state index contributed by atoms with van der Waals surface area (Å²) in [6.45, 7) is 4.45. The first-order valence-corrected chi connectivity index (χ1v) is 5.63. The minimum absolute atomic E-state index is 0.304. The van der Waals surface area contributed by atoms with Gasteiger partial charge in [0.1, 0.15) is 0 Å². The van der Waals surface area contributed by atoms with Crippen LogP contribution >= 0.6 is 0 Å². The molecule has 1 aliphatic heterocycles. The molecule has 15 heavy (non-hydrogen) atoms. The Balaban J connectivity index is 2.15. The Hall–Kier alpha value is -1.03. The van der Waals surface area contributed by atoms with E-state index in [2.05, 4.69) is 23.1 Å². The second-order valence-electron chi connectivity index (χ2n) is 4.27. The van der Waals surface area contributed by atoms with Crippen molar-refractivity contribution < 1.29 is 5.11 Å². The predicted molar refractivity (Wildman–Crippen MR) is 60.0 cm³/mol. The molecule has 84 valence electrons. The number of hydrogen-bond donors (Lipinski definition) is 1. The predicted octanol–water partition coefficient (Wildman–Crippen LogP) is 0.801. The fourth-order valence-electron chi connectivity index (χ4n) is 2.24. The van der Waals surface area contributed by atoms with E-state index < -0.39 is 0 Å². The SMILES string of the molecule is CCc1nn(C)cc1N1CCC(CO)C1. The zero-order valence-corrected chi connectivity index (χ0v) is 9.48. The molecular formula is C11H19N3O. The van der Waals surface area contributed by atoms with Gasteiger partial charge in [0.2, 0.25) is 0 Å². The number of aliphatic hydroxyl groups is 1. The molecule has 0 bridgehead atoms. The molecule has 0 aliphatic carbocycles. The quantitative estimate of drug-likeness (QED) is 0.800. The normalized spacial score (nSPS) is 21.3. The van der Waals surface area contributed by atoms with Crippen molar-refractivity contribution in [1.82, 2.24) is 9.78 Å². The second kappa shape index (κ2) is 4.23. The second-order valence-corrected chi connectivity index (χ2v) is 4.27. The minimum Gasteiger partial charge on any atom is -0.396 e. The molecule has 2 heterocycles. The van der Waals surface area contributed by atoms with Gasteiger partial charge in [-0.05, 0) is 12.8 Å². The lowest BCUT2D eigenvalue weighted by Crippen LogP contribution is -2.21. The molecule has 0 saturated carbocycles. The Labute approximate surface area is 90.5 Å². The largest absolute Gasteiger partial charge is 0.396 e. The van der Waals surface area contributed by atoms with E-state index in [0.717, 1.165) is 31.6 Å². The summed E-state index contributed by atoms with van der Waals surface area (Å²) >= 11 is 0. The number of anilines is 1. The van der Waals surface area contributed by atoms with Crippen LogP contribution in [0.2, 0.25) is 0 Å². The number of aromatic nitrogens is 2. The monoisotopic (exact) mass is 209 g/mol. The molecule has 1 saturated heterocycles. The Kier molecular flexibility index (Phi) is 2.95. The molecule has 0 radical (unpaired) electrons. The molecule has 0 aromatic carbocycles. The average molecular weight is 209 g/mol. The van der Waals surface area contributed by atoms with Crippen LogP contribution in [-0.2, 0) is 13.5 Å². The molecule has 4 nitrogen and oxygen atoms in total. The highest BCUT2D eigenvalue weighted by Crippen LogP contribution is 2.26. The Bertz CT molecular complexity index is 335. The summed E-state index contributed by atoms with van der Waals surface area (Å²) in [4.78, 5) is 2.34. The van der Waals surface area contributed by atoms with Crippen LogP contribution in [0.5, 0.6) is 0 Å². The van der Waals surface area contributed by atoms with Crippen molar-refractivity contribution in [3.63, 3.8) is 0 Å². The zero-order valence-electron chi connectivity index (χ0n) is 9.48. The van der Waals surface area contributed by atoms with E-state index in [1.54, 1.807) is 0 Å². The van der Waals surface area contributed by atoms with Gasteiger partial charge in [-0.3, -0.25) is 4.68 Å². The van der Waals surface area contributed by atoms with Gasteiger partial charge in [0, 0.05) is 38.9 Å². The molecule has 4 heteroatoms. The molecule has 2 rings (SSSR count). The maximum Gasteiger partial charge on any atom is 0.0855 e. The summed E-state index contributed by atoms with van der Waals surface area (Å²) in [5, 5.41) is 13.6. The molecule has 0 spiro atoms.